The average Bonchev–Trinajstić information content (AvgIpc) is 2.93. The van der Waals surface area contributed by atoms with E-state index >= 15 is 0 Å². The maximum Gasteiger partial charge on any atom is 0.185 e. The van der Waals surface area contributed by atoms with Gasteiger partial charge in [0.25, 0.3) is 0 Å². The maximum absolute atomic E-state index is 5.01. The smallest absolute Gasteiger partial charge is 0.185 e. The summed E-state index contributed by atoms with van der Waals surface area (Å²) < 4.78 is 5.01. The van der Waals surface area contributed by atoms with Gasteiger partial charge in [0.2, 0.25) is 0 Å². The van der Waals surface area contributed by atoms with Gasteiger partial charge in [0.1, 0.15) is 0 Å². The molecule has 1 aliphatic heterocycles. The van der Waals surface area contributed by atoms with E-state index in [0.717, 1.165) is 44.6 Å². The third-order valence-electron chi connectivity index (χ3n) is 3.58. The van der Waals surface area contributed by atoms with E-state index in [-0.39, 0.29) is 0 Å². The van der Waals surface area contributed by atoms with Gasteiger partial charge in [0, 0.05) is 44.4 Å². The fraction of sp³-hybridized carbons (Fsp3) is 0.769. The number of methoxy groups -OCH3 is 1. The summed E-state index contributed by atoms with van der Waals surface area (Å²) in [5.74, 6) is 1.55. The Morgan fingerprint density at radius 2 is 2.17 bits per heavy atom. The van der Waals surface area contributed by atoms with Gasteiger partial charge < -0.3 is 15.0 Å². The summed E-state index contributed by atoms with van der Waals surface area (Å²) in [6, 6.07) is 0. The number of aromatic nitrogens is 1. The van der Waals surface area contributed by atoms with Crippen molar-refractivity contribution in [1.29, 1.82) is 0 Å². The van der Waals surface area contributed by atoms with Crippen LogP contribution in [0.1, 0.15) is 18.7 Å². The lowest BCUT2D eigenvalue weighted by Gasteiger charge is -2.13. The van der Waals surface area contributed by atoms with Crippen LogP contribution in [-0.2, 0) is 11.3 Å². The van der Waals surface area contributed by atoms with E-state index in [9.17, 15) is 0 Å². The van der Waals surface area contributed by atoms with Crippen molar-refractivity contribution in [3.8, 4) is 0 Å². The van der Waals surface area contributed by atoms with Crippen LogP contribution < -0.4 is 10.2 Å². The maximum atomic E-state index is 5.01. The molecular weight excluding hydrogens is 246 g/mol. The number of ether oxygens (including phenoxy) is 1. The Morgan fingerprint density at radius 3 is 2.83 bits per heavy atom. The van der Waals surface area contributed by atoms with Gasteiger partial charge in [-0.2, -0.15) is 0 Å². The minimum atomic E-state index is 0.757. The Kier molecular flexibility index (Phi) is 4.97. The summed E-state index contributed by atoms with van der Waals surface area (Å²) in [5.41, 5.74) is 0. The molecule has 1 aliphatic rings. The second-order valence-corrected chi connectivity index (χ2v) is 6.23. The lowest BCUT2D eigenvalue weighted by Crippen LogP contribution is -2.19. The number of hydrogen-bond acceptors (Lipinski definition) is 5. The highest BCUT2D eigenvalue weighted by Gasteiger charge is 2.27. The van der Waals surface area contributed by atoms with Gasteiger partial charge in [-0.3, -0.25) is 0 Å². The van der Waals surface area contributed by atoms with E-state index in [4.69, 9.17) is 4.74 Å². The molecule has 2 unspecified atom stereocenters. The number of thiazole rings is 1. The highest BCUT2D eigenvalue weighted by molar-refractivity contribution is 7.15. The highest BCUT2D eigenvalue weighted by atomic mass is 32.1. The SMILES string of the molecule is COCCNCc1cnc(N2CC(C)C(C)C2)s1. The van der Waals surface area contributed by atoms with E-state index in [1.807, 2.05) is 6.20 Å². The van der Waals surface area contributed by atoms with Gasteiger partial charge in [-0.25, -0.2) is 4.98 Å². The summed E-state index contributed by atoms with van der Waals surface area (Å²) in [6.07, 6.45) is 1.99. The lowest BCUT2D eigenvalue weighted by molar-refractivity contribution is 0.199. The van der Waals surface area contributed by atoms with Crippen LogP contribution in [0.5, 0.6) is 0 Å². The van der Waals surface area contributed by atoms with Crippen molar-refractivity contribution < 1.29 is 4.74 Å². The lowest BCUT2D eigenvalue weighted by atomic mass is 10.0. The summed E-state index contributed by atoms with van der Waals surface area (Å²) in [4.78, 5) is 8.25. The summed E-state index contributed by atoms with van der Waals surface area (Å²) in [6.45, 7) is 9.47. The molecule has 2 atom stereocenters. The molecule has 102 valence electrons. The molecule has 0 bridgehead atoms. The molecular formula is C13H23N3OS. The van der Waals surface area contributed by atoms with E-state index < -0.39 is 0 Å². The van der Waals surface area contributed by atoms with E-state index in [1.165, 1.54) is 10.0 Å². The van der Waals surface area contributed by atoms with Gasteiger partial charge in [0.05, 0.1) is 6.61 Å². The molecule has 18 heavy (non-hydrogen) atoms. The Labute approximate surface area is 113 Å². The second-order valence-electron chi connectivity index (χ2n) is 5.14. The molecule has 4 nitrogen and oxygen atoms in total. The van der Waals surface area contributed by atoms with Crippen LogP contribution in [0, 0.1) is 11.8 Å². The molecule has 0 aliphatic carbocycles. The van der Waals surface area contributed by atoms with E-state index in [2.05, 4.69) is 29.0 Å². The standard InChI is InChI=1S/C13H23N3OS/c1-10-8-16(9-11(10)2)13-15-7-12(18-13)6-14-4-5-17-3/h7,10-11,14H,4-6,8-9H2,1-3H3. The van der Waals surface area contributed by atoms with Gasteiger partial charge in [-0.15, -0.1) is 11.3 Å². The first-order valence-corrected chi connectivity index (χ1v) is 7.41. The number of nitrogens with one attached hydrogen (secondary N) is 1. The minimum Gasteiger partial charge on any atom is -0.383 e. The van der Waals surface area contributed by atoms with Crippen molar-refractivity contribution >= 4 is 16.5 Å². The topological polar surface area (TPSA) is 37.4 Å². The Bertz CT molecular complexity index is 359. The van der Waals surface area contributed by atoms with Crippen LogP contribution in [0.25, 0.3) is 0 Å². The summed E-state index contributed by atoms with van der Waals surface area (Å²) in [7, 11) is 1.72. The zero-order valence-corrected chi connectivity index (χ0v) is 12.3. The fourth-order valence-corrected chi connectivity index (χ4v) is 3.09. The molecule has 2 rings (SSSR count). The van der Waals surface area contributed by atoms with Gasteiger partial charge >= 0.3 is 0 Å². The van der Waals surface area contributed by atoms with Crippen molar-refractivity contribution in [2.45, 2.75) is 20.4 Å². The first kappa shape index (κ1) is 13.8. The number of rotatable bonds is 6. The first-order chi connectivity index (χ1) is 8.70. The van der Waals surface area contributed by atoms with Gasteiger partial charge in [0.15, 0.2) is 5.13 Å². The highest BCUT2D eigenvalue weighted by Crippen LogP contribution is 2.30. The quantitative estimate of drug-likeness (QED) is 0.801. The number of hydrogen-bond donors (Lipinski definition) is 1. The van der Waals surface area contributed by atoms with Crippen molar-refractivity contribution in [3.63, 3.8) is 0 Å². The number of anilines is 1. The molecule has 0 aromatic carbocycles. The Morgan fingerprint density at radius 1 is 1.44 bits per heavy atom. The predicted octanol–water partition coefficient (Wildman–Crippen LogP) is 1.97. The largest absolute Gasteiger partial charge is 0.383 e. The van der Waals surface area contributed by atoms with Crippen molar-refractivity contribution in [2.75, 3.05) is 38.3 Å². The molecule has 0 saturated carbocycles. The van der Waals surface area contributed by atoms with Crippen LogP contribution in [0.4, 0.5) is 5.13 Å². The van der Waals surface area contributed by atoms with Crippen LogP contribution in [0.3, 0.4) is 0 Å². The van der Waals surface area contributed by atoms with Crippen LogP contribution >= 0.6 is 11.3 Å². The van der Waals surface area contributed by atoms with E-state index in [1.54, 1.807) is 18.4 Å². The zero-order chi connectivity index (χ0) is 13.0. The van der Waals surface area contributed by atoms with Crippen LogP contribution in [-0.4, -0.2) is 38.3 Å². The third kappa shape index (κ3) is 3.43. The van der Waals surface area contributed by atoms with Crippen molar-refractivity contribution in [2.24, 2.45) is 11.8 Å². The molecule has 1 aromatic heterocycles. The summed E-state index contributed by atoms with van der Waals surface area (Å²) in [5, 5.41) is 4.53. The fourth-order valence-electron chi connectivity index (χ4n) is 2.20. The monoisotopic (exact) mass is 269 g/mol. The molecule has 0 spiro atoms. The van der Waals surface area contributed by atoms with Crippen molar-refractivity contribution in [1.82, 2.24) is 10.3 Å². The van der Waals surface area contributed by atoms with Gasteiger partial charge in [-0.05, 0) is 11.8 Å². The number of nitrogens with zero attached hydrogens (tertiary/aromatic N) is 2. The van der Waals surface area contributed by atoms with Crippen LogP contribution in [0.2, 0.25) is 0 Å². The van der Waals surface area contributed by atoms with Crippen LogP contribution in [0.15, 0.2) is 6.20 Å². The minimum absolute atomic E-state index is 0.757. The molecule has 1 N–H and O–H groups in total. The molecule has 0 radical (unpaired) electrons. The second kappa shape index (κ2) is 6.50. The molecule has 1 fully saturated rings. The van der Waals surface area contributed by atoms with E-state index in [0.29, 0.717) is 0 Å². The van der Waals surface area contributed by atoms with Crippen molar-refractivity contribution in [3.05, 3.63) is 11.1 Å². The average molecular weight is 269 g/mol. The Balaban J connectivity index is 1.83. The predicted molar refractivity (Wildman–Crippen MR) is 76.2 cm³/mol. The molecule has 2 heterocycles. The zero-order valence-electron chi connectivity index (χ0n) is 11.5. The first-order valence-electron chi connectivity index (χ1n) is 6.60. The third-order valence-corrected chi connectivity index (χ3v) is 4.64. The molecule has 0 amide bonds. The summed E-state index contributed by atoms with van der Waals surface area (Å²) >= 11 is 1.80. The molecule has 1 aromatic rings. The normalized spacial score (nSPS) is 23.8. The molecule has 5 heteroatoms. The molecule has 1 saturated heterocycles. The van der Waals surface area contributed by atoms with Gasteiger partial charge in [-0.1, -0.05) is 13.8 Å². The Hall–Kier alpha value is -0.650.